The number of alkyl halides is 3. The Morgan fingerprint density at radius 2 is 2.10 bits per heavy atom. The number of hydrogen-bond acceptors (Lipinski definition) is 5. The van der Waals surface area contributed by atoms with E-state index < -0.39 is 16.8 Å². The number of carbonyl (C=O) groups excluding carboxylic acids is 2. The Labute approximate surface area is 125 Å². The van der Waals surface area contributed by atoms with Crippen LogP contribution in [0.15, 0.2) is 17.5 Å². The highest BCUT2D eigenvalue weighted by Gasteiger charge is 2.42. The van der Waals surface area contributed by atoms with Gasteiger partial charge in [0.2, 0.25) is 5.91 Å². The Morgan fingerprint density at radius 1 is 1.38 bits per heavy atom. The number of ketones is 1. The van der Waals surface area contributed by atoms with Gasteiger partial charge in [-0.2, -0.15) is 13.2 Å². The molecule has 0 saturated carbocycles. The lowest BCUT2D eigenvalue weighted by Gasteiger charge is -2.03. The van der Waals surface area contributed by atoms with Gasteiger partial charge in [0.25, 0.3) is 5.78 Å². The number of halogens is 3. The summed E-state index contributed by atoms with van der Waals surface area (Å²) >= 11 is 1.70. The summed E-state index contributed by atoms with van der Waals surface area (Å²) in [6.07, 6.45) is -4.82. The van der Waals surface area contributed by atoms with Crippen LogP contribution < -0.4 is 5.32 Å². The van der Waals surface area contributed by atoms with Crippen molar-refractivity contribution in [2.45, 2.75) is 19.5 Å². The van der Waals surface area contributed by atoms with E-state index in [1.54, 1.807) is 24.4 Å². The lowest BCUT2D eigenvalue weighted by atomic mass is 10.2. The number of nitrogens with zero attached hydrogens (tertiary/aromatic N) is 1. The fourth-order valence-corrected chi connectivity index (χ4v) is 3.18. The van der Waals surface area contributed by atoms with Gasteiger partial charge < -0.3 is 5.32 Å². The monoisotopic (exact) mass is 334 g/mol. The normalized spacial score (nSPS) is 11.4. The number of anilines is 1. The van der Waals surface area contributed by atoms with E-state index in [1.807, 2.05) is 0 Å². The van der Waals surface area contributed by atoms with E-state index in [0.717, 1.165) is 0 Å². The zero-order valence-corrected chi connectivity index (χ0v) is 12.3. The average Bonchev–Trinajstić information content (AvgIpc) is 3.04. The minimum Gasteiger partial charge on any atom is -0.302 e. The number of aromatic nitrogens is 1. The van der Waals surface area contributed by atoms with Crippen molar-refractivity contribution < 1.29 is 22.8 Å². The standard InChI is InChI=1S/C12H9F3N2O2S2/c1-2-7(18)16-11-17-8(6-4-3-5-20-6)9(21-11)10(19)12(13,14)15/h3-5H,2H2,1H3,(H,16,17,18). The highest BCUT2D eigenvalue weighted by atomic mass is 32.1. The van der Waals surface area contributed by atoms with E-state index in [9.17, 15) is 22.8 Å². The van der Waals surface area contributed by atoms with Gasteiger partial charge in [0.15, 0.2) is 5.13 Å². The molecule has 4 nitrogen and oxygen atoms in total. The summed E-state index contributed by atoms with van der Waals surface area (Å²) in [4.78, 5) is 26.7. The quantitative estimate of drug-likeness (QED) is 0.861. The van der Waals surface area contributed by atoms with Crippen molar-refractivity contribution in [3.05, 3.63) is 22.4 Å². The fourth-order valence-electron chi connectivity index (χ4n) is 1.44. The first-order valence-electron chi connectivity index (χ1n) is 5.79. The van der Waals surface area contributed by atoms with Crippen LogP contribution in [0.2, 0.25) is 0 Å². The predicted octanol–water partition coefficient (Wildman–Crippen LogP) is 3.97. The molecule has 2 rings (SSSR count). The second-order valence-corrected chi connectivity index (χ2v) is 5.85. The largest absolute Gasteiger partial charge is 0.455 e. The van der Waals surface area contributed by atoms with E-state index in [0.29, 0.717) is 16.2 Å². The van der Waals surface area contributed by atoms with Crippen LogP contribution in [0.5, 0.6) is 0 Å². The molecule has 0 radical (unpaired) electrons. The van der Waals surface area contributed by atoms with Crippen LogP contribution in [-0.4, -0.2) is 22.9 Å². The third-order valence-electron chi connectivity index (χ3n) is 2.41. The van der Waals surface area contributed by atoms with Gasteiger partial charge in [-0.05, 0) is 11.4 Å². The molecule has 21 heavy (non-hydrogen) atoms. The van der Waals surface area contributed by atoms with Crippen LogP contribution in [0, 0.1) is 0 Å². The van der Waals surface area contributed by atoms with Crippen molar-refractivity contribution in [2.24, 2.45) is 0 Å². The maximum absolute atomic E-state index is 12.6. The summed E-state index contributed by atoms with van der Waals surface area (Å²) < 4.78 is 37.9. The summed E-state index contributed by atoms with van der Waals surface area (Å²) in [6, 6.07) is 3.21. The summed E-state index contributed by atoms with van der Waals surface area (Å²) in [7, 11) is 0. The van der Waals surface area contributed by atoms with Gasteiger partial charge in [-0.25, -0.2) is 4.98 Å². The molecule has 1 N–H and O–H groups in total. The fraction of sp³-hybridized carbons (Fsp3) is 0.250. The number of nitrogens with one attached hydrogen (secondary N) is 1. The van der Waals surface area contributed by atoms with Crippen LogP contribution in [0.3, 0.4) is 0 Å². The van der Waals surface area contributed by atoms with Crippen LogP contribution in [0.25, 0.3) is 10.6 Å². The van der Waals surface area contributed by atoms with Crippen molar-refractivity contribution in [3.63, 3.8) is 0 Å². The molecule has 0 saturated heterocycles. The van der Waals surface area contributed by atoms with Crippen LogP contribution in [0.4, 0.5) is 18.3 Å². The molecule has 0 bridgehead atoms. The van der Waals surface area contributed by atoms with Crippen molar-refractivity contribution in [1.29, 1.82) is 0 Å². The summed E-state index contributed by atoms with van der Waals surface area (Å²) in [5, 5.41) is 4.03. The minimum atomic E-state index is -4.98. The highest BCUT2D eigenvalue weighted by molar-refractivity contribution is 7.19. The Morgan fingerprint density at radius 3 is 2.62 bits per heavy atom. The van der Waals surface area contributed by atoms with Gasteiger partial charge in [0.1, 0.15) is 10.6 Å². The van der Waals surface area contributed by atoms with Gasteiger partial charge >= 0.3 is 6.18 Å². The molecule has 0 aliphatic heterocycles. The van der Waals surface area contributed by atoms with Crippen LogP contribution >= 0.6 is 22.7 Å². The topological polar surface area (TPSA) is 59.1 Å². The molecule has 0 spiro atoms. The van der Waals surface area contributed by atoms with Gasteiger partial charge in [-0.15, -0.1) is 11.3 Å². The molecular weight excluding hydrogens is 325 g/mol. The number of thiophene rings is 1. The SMILES string of the molecule is CCC(=O)Nc1nc(-c2cccs2)c(C(=O)C(F)(F)F)s1. The summed E-state index contributed by atoms with van der Waals surface area (Å²) in [6.45, 7) is 1.60. The number of Topliss-reactive ketones (excluding diaryl/α,β-unsaturated/α-hetero) is 1. The number of rotatable bonds is 4. The van der Waals surface area contributed by atoms with E-state index in [-0.39, 0.29) is 23.2 Å². The Bertz CT molecular complexity index is 663. The van der Waals surface area contributed by atoms with E-state index in [4.69, 9.17) is 0 Å². The van der Waals surface area contributed by atoms with Gasteiger partial charge in [-0.1, -0.05) is 24.3 Å². The zero-order valence-electron chi connectivity index (χ0n) is 10.7. The highest BCUT2D eigenvalue weighted by Crippen LogP contribution is 2.37. The van der Waals surface area contributed by atoms with Gasteiger partial charge in [0.05, 0.1) is 4.88 Å². The molecular formula is C12H9F3N2O2S2. The molecule has 9 heteroatoms. The molecule has 2 aromatic rings. The molecule has 2 aromatic heterocycles. The number of hydrogen-bond donors (Lipinski definition) is 1. The summed E-state index contributed by atoms with van der Waals surface area (Å²) in [5.74, 6) is -2.34. The first kappa shape index (κ1) is 15.6. The summed E-state index contributed by atoms with van der Waals surface area (Å²) in [5.41, 5.74) is -0.0521. The lowest BCUT2D eigenvalue weighted by Crippen LogP contribution is -2.22. The van der Waals surface area contributed by atoms with Gasteiger partial charge in [0, 0.05) is 6.42 Å². The van der Waals surface area contributed by atoms with Crippen LogP contribution in [-0.2, 0) is 4.79 Å². The molecule has 0 fully saturated rings. The maximum atomic E-state index is 12.6. The number of amides is 1. The molecule has 0 aromatic carbocycles. The van der Waals surface area contributed by atoms with E-state index in [2.05, 4.69) is 10.3 Å². The molecule has 0 aliphatic carbocycles. The molecule has 0 unspecified atom stereocenters. The second-order valence-electron chi connectivity index (χ2n) is 3.90. The van der Waals surface area contributed by atoms with Crippen molar-refractivity contribution in [2.75, 3.05) is 5.32 Å². The first-order valence-corrected chi connectivity index (χ1v) is 7.48. The van der Waals surface area contributed by atoms with Crippen molar-refractivity contribution in [3.8, 4) is 10.6 Å². The number of thiazole rings is 1. The molecule has 1 amide bonds. The maximum Gasteiger partial charge on any atom is 0.455 e. The van der Waals surface area contributed by atoms with E-state index in [1.165, 1.54) is 11.3 Å². The molecule has 112 valence electrons. The smallest absolute Gasteiger partial charge is 0.302 e. The zero-order chi connectivity index (χ0) is 15.6. The minimum absolute atomic E-state index is 0.0159. The second kappa shape index (κ2) is 5.94. The molecule has 0 aliphatic rings. The first-order chi connectivity index (χ1) is 9.82. The Hall–Kier alpha value is -1.74. The average molecular weight is 334 g/mol. The van der Waals surface area contributed by atoms with Crippen molar-refractivity contribution >= 4 is 39.5 Å². The van der Waals surface area contributed by atoms with E-state index >= 15 is 0 Å². The number of carbonyl (C=O) groups is 2. The third kappa shape index (κ3) is 3.48. The van der Waals surface area contributed by atoms with Gasteiger partial charge in [-0.3, -0.25) is 9.59 Å². The Balaban J connectivity index is 2.46. The Kier molecular flexibility index (Phi) is 4.43. The van der Waals surface area contributed by atoms with Crippen molar-refractivity contribution in [1.82, 2.24) is 4.98 Å². The lowest BCUT2D eigenvalue weighted by molar-refractivity contribution is -0.115. The molecule has 0 atom stereocenters. The molecule has 2 heterocycles. The predicted molar refractivity (Wildman–Crippen MR) is 74.7 cm³/mol. The third-order valence-corrected chi connectivity index (χ3v) is 4.26. The van der Waals surface area contributed by atoms with Crippen LogP contribution in [0.1, 0.15) is 23.0 Å².